The van der Waals surface area contributed by atoms with Gasteiger partial charge in [0, 0.05) is 24.8 Å². The molecule has 0 heterocycles. The van der Waals surface area contributed by atoms with Gasteiger partial charge in [0.15, 0.2) is 0 Å². The zero-order chi connectivity index (χ0) is 18.5. The molecule has 1 aliphatic carbocycles. The van der Waals surface area contributed by atoms with Crippen LogP contribution in [0.15, 0.2) is 29.2 Å². The lowest BCUT2D eigenvalue weighted by Crippen LogP contribution is -2.27. The molecule has 1 aromatic carbocycles. The number of halogens is 3. The number of hydrogen-bond acceptors (Lipinski definition) is 4. The maximum atomic E-state index is 12.0. The highest BCUT2D eigenvalue weighted by molar-refractivity contribution is 7.89. The summed E-state index contributed by atoms with van der Waals surface area (Å²) in [6.07, 6.45) is -2.47. The van der Waals surface area contributed by atoms with Crippen LogP contribution in [-0.4, -0.2) is 46.3 Å². The standard InChI is InChI=1S/C15H19F3N2O4S/c16-15(17,18)10-24-9-1-8-19-14(21)11-2-6-13(7-3-11)25(22,23)20-12-4-5-12/h2-3,6-7,12,20H,1,4-5,8-10H2,(H,19,21). The van der Waals surface area contributed by atoms with Gasteiger partial charge in [0.1, 0.15) is 6.61 Å². The molecule has 25 heavy (non-hydrogen) atoms. The summed E-state index contributed by atoms with van der Waals surface area (Å²) in [5.41, 5.74) is 0.265. The van der Waals surface area contributed by atoms with E-state index >= 15 is 0 Å². The van der Waals surface area contributed by atoms with Crippen LogP contribution in [0, 0.1) is 0 Å². The average Bonchev–Trinajstić information content (AvgIpc) is 3.33. The van der Waals surface area contributed by atoms with Gasteiger partial charge in [-0.25, -0.2) is 13.1 Å². The van der Waals surface area contributed by atoms with Crippen LogP contribution in [0.25, 0.3) is 0 Å². The molecule has 0 aromatic heterocycles. The summed E-state index contributed by atoms with van der Waals surface area (Å²) in [4.78, 5) is 12.0. The van der Waals surface area contributed by atoms with E-state index in [0.29, 0.717) is 0 Å². The average molecular weight is 380 g/mol. The minimum atomic E-state index is -4.36. The Morgan fingerprint density at radius 2 is 1.84 bits per heavy atom. The molecular weight excluding hydrogens is 361 g/mol. The number of nitrogens with one attached hydrogen (secondary N) is 2. The molecule has 140 valence electrons. The molecule has 2 rings (SSSR count). The summed E-state index contributed by atoms with van der Waals surface area (Å²) in [5, 5.41) is 2.53. The minimum absolute atomic E-state index is 0.00691. The molecule has 0 radical (unpaired) electrons. The number of alkyl halides is 3. The monoisotopic (exact) mass is 380 g/mol. The smallest absolute Gasteiger partial charge is 0.372 e. The molecule has 1 aromatic rings. The first kappa shape index (κ1) is 19.7. The van der Waals surface area contributed by atoms with Crippen LogP contribution in [0.5, 0.6) is 0 Å². The Morgan fingerprint density at radius 1 is 1.20 bits per heavy atom. The van der Waals surface area contributed by atoms with Gasteiger partial charge in [-0.05, 0) is 43.5 Å². The van der Waals surface area contributed by atoms with Crippen LogP contribution in [0.1, 0.15) is 29.6 Å². The molecule has 1 fully saturated rings. The molecule has 0 aliphatic heterocycles. The van der Waals surface area contributed by atoms with Gasteiger partial charge in [-0.3, -0.25) is 4.79 Å². The molecule has 1 saturated carbocycles. The molecule has 2 N–H and O–H groups in total. The maximum absolute atomic E-state index is 12.0. The van der Waals surface area contributed by atoms with Crippen molar-refractivity contribution in [2.75, 3.05) is 19.8 Å². The van der Waals surface area contributed by atoms with E-state index < -0.39 is 28.7 Å². The van der Waals surface area contributed by atoms with E-state index in [1.54, 1.807) is 0 Å². The van der Waals surface area contributed by atoms with Crippen LogP contribution in [-0.2, 0) is 14.8 Å². The number of hydrogen-bond donors (Lipinski definition) is 2. The minimum Gasteiger partial charge on any atom is -0.372 e. The van der Waals surface area contributed by atoms with Gasteiger partial charge in [0.25, 0.3) is 5.91 Å². The van der Waals surface area contributed by atoms with Gasteiger partial charge in [-0.1, -0.05) is 0 Å². The second-order valence-electron chi connectivity index (χ2n) is 5.70. The van der Waals surface area contributed by atoms with Crippen molar-refractivity contribution in [3.8, 4) is 0 Å². The number of sulfonamides is 1. The van der Waals surface area contributed by atoms with Crippen LogP contribution in [0.3, 0.4) is 0 Å². The highest BCUT2D eigenvalue weighted by Crippen LogP contribution is 2.22. The Bertz CT molecular complexity index is 686. The molecule has 6 nitrogen and oxygen atoms in total. The summed E-state index contributed by atoms with van der Waals surface area (Å²) in [7, 11) is -3.57. The highest BCUT2D eigenvalue weighted by atomic mass is 32.2. The van der Waals surface area contributed by atoms with E-state index in [-0.39, 0.29) is 36.1 Å². The normalized spacial score (nSPS) is 15.2. The second kappa shape index (κ2) is 8.15. The van der Waals surface area contributed by atoms with Crippen molar-refractivity contribution in [2.45, 2.75) is 36.4 Å². The Morgan fingerprint density at radius 3 is 2.40 bits per heavy atom. The van der Waals surface area contributed by atoms with Crippen LogP contribution < -0.4 is 10.0 Å². The Hall–Kier alpha value is -1.65. The number of rotatable bonds is 9. The number of amides is 1. The van der Waals surface area contributed by atoms with E-state index in [1.165, 1.54) is 24.3 Å². The third-order valence-corrected chi connectivity index (χ3v) is 4.88. The van der Waals surface area contributed by atoms with Gasteiger partial charge in [0.2, 0.25) is 10.0 Å². The van der Waals surface area contributed by atoms with Crippen molar-refractivity contribution in [3.05, 3.63) is 29.8 Å². The van der Waals surface area contributed by atoms with Crippen molar-refractivity contribution in [1.29, 1.82) is 0 Å². The second-order valence-corrected chi connectivity index (χ2v) is 7.41. The Kier molecular flexibility index (Phi) is 6.42. The molecule has 1 amide bonds. The van der Waals surface area contributed by atoms with Gasteiger partial charge in [0.05, 0.1) is 4.90 Å². The molecule has 0 atom stereocenters. The Labute approximate surface area is 143 Å². The fourth-order valence-electron chi connectivity index (χ4n) is 1.94. The summed E-state index contributed by atoms with van der Waals surface area (Å²) in [5.74, 6) is -0.435. The van der Waals surface area contributed by atoms with E-state index in [4.69, 9.17) is 0 Å². The molecule has 0 bridgehead atoms. The van der Waals surface area contributed by atoms with E-state index in [0.717, 1.165) is 12.8 Å². The van der Waals surface area contributed by atoms with Crippen molar-refractivity contribution < 1.29 is 31.1 Å². The summed E-state index contributed by atoms with van der Waals surface area (Å²) in [6, 6.07) is 5.44. The molecule has 0 saturated heterocycles. The van der Waals surface area contributed by atoms with Crippen LogP contribution in [0.4, 0.5) is 13.2 Å². The summed E-state index contributed by atoms with van der Waals surface area (Å²) < 4.78 is 66.6. The van der Waals surface area contributed by atoms with Crippen LogP contribution >= 0.6 is 0 Å². The zero-order valence-electron chi connectivity index (χ0n) is 13.3. The molecule has 0 spiro atoms. The fraction of sp³-hybridized carbons (Fsp3) is 0.533. The summed E-state index contributed by atoms with van der Waals surface area (Å²) in [6.45, 7) is -1.28. The lowest BCUT2D eigenvalue weighted by Gasteiger charge is -2.09. The molecule has 0 unspecified atom stereocenters. The van der Waals surface area contributed by atoms with Crippen LogP contribution in [0.2, 0.25) is 0 Å². The third-order valence-electron chi connectivity index (χ3n) is 3.34. The quantitative estimate of drug-likeness (QED) is 0.640. The fourth-order valence-corrected chi connectivity index (χ4v) is 3.25. The number of carbonyl (C=O) groups excluding carboxylic acids is 1. The predicted molar refractivity (Wildman–Crippen MR) is 83.6 cm³/mol. The molecular formula is C15H19F3N2O4S. The maximum Gasteiger partial charge on any atom is 0.411 e. The lowest BCUT2D eigenvalue weighted by molar-refractivity contribution is -0.173. The first-order valence-electron chi connectivity index (χ1n) is 7.72. The van der Waals surface area contributed by atoms with Gasteiger partial charge in [-0.15, -0.1) is 0 Å². The van der Waals surface area contributed by atoms with Crippen molar-refractivity contribution >= 4 is 15.9 Å². The van der Waals surface area contributed by atoms with E-state index in [1.807, 2.05) is 0 Å². The lowest BCUT2D eigenvalue weighted by atomic mass is 10.2. The summed E-state index contributed by atoms with van der Waals surface area (Å²) >= 11 is 0. The molecule has 10 heteroatoms. The number of benzene rings is 1. The first-order valence-corrected chi connectivity index (χ1v) is 9.21. The third kappa shape index (κ3) is 7.00. The topological polar surface area (TPSA) is 84.5 Å². The van der Waals surface area contributed by atoms with Crippen molar-refractivity contribution in [1.82, 2.24) is 10.0 Å². The highest BCUT2D eigenvalue weighted by Gasteiger charge is 2.28. The van der Waals surface area contributed by atoms with Crippen molar-refractivity contribution in [2.24, 2.45) is 0 Å². The van der Waals surface area contributed by atoms with E-state index in [9.17, 15) is 26.4 Å². The largest absolute Gasteiger partial charge is 0.411 e. The SMILES string of the molecule is O=C(NCCCOCC(F)(F)F)c1ccc(S(=O)(=O)NC2CC2)cc1. The Balaban J connectivity index is 1.74. The van der Waals surface area contributed by atoms with Crippen molar-refractivity contribution in [3.63, 3.8) is 0 Å². The number of ether oxygens (including phenoxy) is 1. The van der Waals surface area contributed by atoms with E-state index in [2.05, 4.69) is 14.8 Å². The number of carbonyl (C=O) groups is 1. The first-order chi connectivity index (χ1) is 11.7. The van der Waals surface area contributed by atoms with Gasteiger partial charge in [-0.2, -0.15) is 13.2 Å². The van der Waals surface area contributed by atoms with Gasteiger partial charge < -0.3 is 10.1 Å². The zero-order valence-corrected chi connectivity index (χ0v) is 14.1. The predicted octanol–water partition coefficient (Wildman–Crippen LogP) is 1.83. The van der Waals surface area contributed by atoms with Gasteiger partial charge >= 0.3 is 6.18 Å². The molecule has 1 aliphatic rings.